The molecule has 0 heterocycles. The number of rotatable bonds is 3. The lowest BCUT2D eigenvalue weighted by atomic mass is 10.3. The van der Waals surface area contributed by atoms with Gasteiger partial charge in [-0.3, -0.25) is 0 Å². The van der Waals surface area contributed by atoms with Gasteiger partial charge in [0, 0.05) is 0 Å². The van der Waals surface area contributed by atoms with Crippen LogP contribution in [-0.2, 0) is 4.74 Å². The number of ether oxygens (including phenoxy) is 1. The van der Waals surface area contributed by atoms with E-state index >= 15 is 0 Å². The van der Waals surface area contributed by atoms with Gasteiger partial charge < -0.3 is 20.1 Å². The fraction of sp³-hybridized carbons (Fsp3) is 0.571. The molecule has 0 aromatic carbocycles. The molecule has 0 aliphatic heterocycles. The van der Waals surface area contributed by atoms with Gasteiger partial charge in [0.05, 0.1) is 19.8 Å². The molecule has 0 aliphatic rings. The molecular weight excluding hydrogens is 164 g/mol. The Bertz CT molecular complexity index is 123. The van der Waals surface area contributed by atoms with E-state index in [1.807, 2.05) is 0 Å². The van der Waals surface area contributed by atoms with Crippen molar-refractivity contribution in [1.82, 2.24) is 0 Å². The number of aliphatic hydroxyl groups is 2. The summed E-state index contributed by atoms with van der Waals surface area (Å²) in [6.07, 6.45) is 0.180. The Morgan fingerprint density at radius 1 is 1.75 bits per heavy atom. The Morgan fingerprint density at radius 3 is 2.25 bits per heavy atom. The Kier molecular flexibility index (Phi) is 11.2. The molecule has 0 aliphatic carbocycles. The van der Waals surface area contributed by atoms with Crippen molar-refractivity contribution in [3.63, 3.8) is 0 Å². The number of carbonyl (C=O) groups is 1. The summed E-state index contributed by atoms with van der Waals surface area (Å²) in [5, 5.41) is 24.2. The second-order valence-corrected chi connectivity index (χ2v) is 1.83. The van der Waals surface area contributed by atoms with Gasteiger partial charge in [0.25, 0.3) is 0 Å². The first-order chi connectivity index (χ1) is 5.58. The third-order valence-electron chi connectivity index (χ3n) is 0.824. The van der Waals surface area contributed by atoms with Gasteiger partial charge >= 0.3 is 6.16 Å². The van der Waals surface area contributed by atoms with Crippen molar-refractivity contribution in [3.8, 4) is 0 Å². The van der Waals surface area contributed by atoms with Crippen LogP contribution in [0.25, 0.3) is 0 Å². The van der Waals surface area contributed by atoms with Crippen LogP contribution in [0.5, 0.6) is 0 Å². The monoisotopic (exact) mass is 178 g/mol. The van der Waals surface area contributed by atoms with Crippen LogP contribution < -0.4 is 0 Å². The highest BCUT2D eigenvalue weighted by atomic mass is 16.6. The maximum atomic E-state index is 9.15. The summed E-state index contributed by atoms with van der Waals surface area (Å²) in [7, 11) is 1.10. The molecule has 0 bridgehead atoms. The van der Waals surface area contributed by atoms with Crippen LogP contribution in [-0.4, -0.2) is 41.3 Å². The summed E-state index contributed by atoms with van der Waals surface area (Å²) >= 11 is 0. The SMILES string of the molecule is C=CCC(O)CO.COC(=O)O. The van der Waals surface area contributed by atoms with Gasteiger partial charge in [0.1, 0.15) is 0 Å². The fourth-order valence-electron chi connectivity index (χ4n) is 0.267. The molecule has 0 aromatic heterocycles. The molecule has 0 amide bonds. The van der Waals surface area contributed by atoms with Crippen molar-refractivity contribution in [2.24, 2.45) is 0 Å². The minimum Gasteiger partial charge on any atom is -0.450 e. The first-order valence-corrected chi connectivity index (χ1v) is 3.25. The van der Waals surface area contributed by atoms with Crippen LogP contribution in [0.3, 0.4) is 0 Å². The number of carboxylic acid groups (broad SMARTS) is 1. The predicted molar refractivity (Wildman–Crippen MR) is 42.9 cm³/mol. The summed E-state index contributed by atoms with van der Waals surface area (Å²) in [6.45, 7) is 3.20. The molecule has 0 spiro atoms. The highest BCUT2D eigenvalue weighted by molar-refractivity contribution is 5.56. The minimum absolute atomic E-state index is 0.175. The van der Waals surface area contributed by atoms with E-state index in [1.165, 1.54) is 0 Å². The fourth-order valence-corrected chi connectivity index (χ4v) is 0.267. The maximum absolute atomic E-state index is 9.15. The van der Waals surface area contributed by atoms with E-state index in [1.54, 1.807) is 6.08 Å². The van der Waals surface area contributed by atoms with Gasteiger partial charge in [-0.25, -0.2) is 4.79 Å². The van der Waals surface area contributed by atoms with Gasteiger partial charge in [-0.2, -0.15) is 0 Å². The lowest BCUT2D eigenvalue weighted by Crippen LogP contribution is -2.09. The Hall–Kier alpha value is -1.07. The van der Waals surface area contributed by atoms with E-state index in [9.17, 15) is 0 Å². The smallest absolute Gasteiger partial charge is 0.450 e. The van der Waals surface area contributed by atoms with Gasteiger partial charge in [-0.1, -0.05) is 6.08 Å². The maximum Gasteiger partial charge on any atom is 0.505 e. The summed E-state index contributed by atoms with van der Waals surface area (Å²) in [4.78, 5) is 9.15. The lowest BCUT2D eigenvalue weighted by Gasteiger charge is -1.98. The number of hydrogen-bond acceptors (Lipinski definition) is 4. The highest BCUT2D eigenvalue weighted by Gasteiger charge is 1.94. The largest absolute Gasteiger partial charge is 0.505 e. The van der Waals surface area contributed by atoms with Gasteiger partial charge in [-0.15, -0.1) is 6.58 Å². The average Bonchev–Trinajstić information content (AvgIpc) is 2.06. The van der Waals surface area contributed by atoms with Crippen LogP contribution in [0.15, 0.2) is 12.7 Å². The first-order valence-electron chi connectivity index (χ1n) is 3.25. The molecule has 0 radical (unpaired) electrons. The van der Waals surface area contributed by atoms with E-state index in [0.29, 0.717) is 6.42 Å². The molecule has 72 valence electrons. The van der Waals surface area contributed by atoms with Crippen LogP contribution in [0, 0.1) is 0 Å². The van der Waals surface area contributed by atoms with Gasteiger partial charge in [0.2, 0.25) is 0 Å². The molecule has 0 saturated carbocycles. The summed E-state index contributed by atoms with van der Waals surface area (Å²) in [6, 6.07) is 0. The second-order valence-electron chi connectivity index (χ2n) is 1.83. The van der Waals surface area contributed by atoms with E-state index in [0.717, 1.165) is 7.11 Å². The van der Waals surface area contributed by atoms with Crippen molar-refractivity contribution in [2.45, 2.75) is 12.5 Å². The van der Waals surface area contributed by atoms with Crippen molar-refractivity contribution in [2.75, 3.05) is 13.7 Å². The zero-order valence-corrected chi connectivity index (χ0v) is 6.93. The van der Waals surface area contributed by atoms with Crippen LogP contribution in [0.1, 0.15) is 6.42 Å². The standard InChI is InChI=1S/C5H10O2.C2H4O3/c1-2-3-5(7)4-6;1-5-2(3)4/h2,5-7H,1,3-4H2;1H3,(H,3,4). The van der Waals surface area contributed by atoms with Gasteiger partial charge in [0.15, 0.2) is 0 Å². The van der Waals surface area contributed by atoms with Crippen molar-refractivity contribution in [1.29, 1.82) is 0 Å². The number of hydrogen-bond donors (Lipinski definition) is 3. The van der Waals surface area contributed by atoms with Crippen molar-refractivity contribution >= 4 is 6.16 Å². The van der Waals surface area contributed by atoms with Gasteiger partial charge in [-0.05, 0) is 6.42 Å². The molecule has 0 fully saturated rings. The molecule has 1 atom stereocenters. The molecule has 0 rings (SSSR count). The summed E-state index contributed by atoms with van der Waals surface area (Å²) in [5.41, 5.74) is 0. The normalized spacial score (nSPS) is 10.6. The number of methoxy groups -OCH3 is 1. The molecule has 1 unspecified atom stereocenters. The van der Waals surface area contributed by atoms with Crippen LogP contribution in [0.2, 0.25) is 0 Å². The Morgan fingerprint density at radius 2 is 2.17 bits per heavy atom. The topological polar surface area (TPSA) is 87.0 Å². The molecule has 0 saturated heterocycles. The molecular formula is C7H14O5. The first kappa shape index (κ1) is 13.5. The van der Waals surface area contributed by atoms with Crippen molar-refractivity contribution < 1.29 is 24.9 Å². The third kappa shape index (κ3) is 16.0. The summed E-state index contributed by atoms with van der Waals surface area (Å²) < 4.78 is 3.67. The molecule has 0 aromatic rings. The molecule has 5 heteroatoms. The van der Waals surface area contributed by atoms with E-state index in [-0.39, 0.29) is 6.61 Å². The molecule has 3 N–H and O–H groups in total. The number of aliphatic hydroxyl groups excluding tert-OH is 2. The average molecular weight is 178 g/mol. The zero-order chi connectivity index (χ0) is 9.98. The van der Waals surface area contributed by atoms with Crippen LogP contribution in [0.4, 0.5) is 4.79 Å². The minimum atomic E-state index is -1.25. The van der Waals surface area contributed by atoms with Crippen molar-refractivity contribution in [3.05, 3.63) is 12.7 Å². The molecule has 12 heavy (non-hydrogen) atoms. The summed E-state index contributed by atoms with van der Waals surface area (Å²) in [5.74, 6) is 0. The Labute approximate surface area is 70.9 Å². The third-order valence-corrected chi connectivity index (χ3v) is 0.824. The predicted octanol–water partition coefficient (Wildman–Crippen LogP) is 0.227. The molecule has 5 nitrogen and oxygen atoms in total. The van der Waals surface area contributed by atoms with Crippen LogP contribution >= 0.6 is 0 Å². The van der Waals surface area contributed by atoms with E-state index < -0.39 is 12.3 Å². The van der Waals surface area contributed by atoms with E-state index in [2.05, 4.69) is 11.3 Å². The van der Waals surface area contributed by atoms with E-state index in [4.69, 9.17) is 20.1 Å². The highest BCUT2D eigenvalue weighted by Crippen LogP contribution is 1.87. The Balaban J connectivity index is 0. The lowest BCUT2D eigenvalue weighted by molar-refractivity contribution is 0.0976. The quantitative estimate of drug-likeness (QED) is 0.425. The second kappa shape index (κ2) is 9.93. The zero-order valence-electron chi connectivity index (χ0n) is 6.93.